The van der Waals surface area contributed by atoms with Gasteiger partial charge in [0.2, 0.25) is 0 Å². The monoisotopic (exact) mass is 616 g/mol. The SMILES string of the molecule is O=C(O)[C@H](/C=C/c1ccc(N(Cc2ccc(Cl)cc2)S(=O)(=O)c2ccc(OC(F)(F)F)cc2)cc1)Cc1cccnc1. The van der Waals surface area contributed by atoms with Gasteiger partial charge in [-0.05, 0) is 77.7 Å². The summed E-state index contributed by atoms with van der Waals surface area (Å²) >= 11 is 5.98. The van der Waals surface area contributed by atoms with Gasteiger partial charge >= 0.3 is 12.3 Å². The van der Waals surface area contributed by atoms with E-state index in [1.54, 1.807) is 85.2 Å². The lowest BCUT2D eigenvalue weighted by Gasteiger charge is -2.25. The summed E-state index contributed by atoms with van der Waals surface area (Å²) in [6, 6.07) is 20.4. The van der Waals surface area contributed by atoms with Gasteiger partial charge in [0.25, 0.3) is 10.0 Å². The van der Waals surface area contributed by atoms with E-state index >= 15 is 0 Å². The van der Waals surface area contributed by atoms with Crippen molar-refractivity contribution < 1.29 is 36.2 Å². The van der Waals surface area contributed by atoms with E-state index in [0.717, 1.165) is 34.1 Å². The zero-order valence-corrected chi connectivity index (χ0v) is 23.4. The van der Waals surface area contributed by atoms with Gasteiger partial charge in [0, 0.05) is 17.4 Å². The number of pyridine rings is 1. The van der Waals surface area contributed by atoms with Crippen LogP contribution >= 0.6 is 11.6 Å². The number of halogens is 4. The van der Waals surface area contributed by atoms with E-state index in [1.165, 1.54) is 0 Å². The average Bonchev–Trinajstić information content (AvgIpc) is 2.95. The molecule has 0 spiro atoms. The van der Waals surface area contributed by atoms with Crippen LogP contribution in [0.1, 0.15) is 16.7 Å². The number of hydrogen-bond donors (Lipinski definition) is 1. The number of sulfonamides is 1. The van der Waals surface area contributed by atoms with Gasteiger partial charge in [-0.1, -0.05) is 54.1 Å². The maximum Gasteiger partial charge on any atom is 0.573 e. The highest BCUT2D eigenvalue weighted by atomic mass is 35.5. The first-order valence-corrected chi connectivity index (χ1v) is 14.3. The predicted octanol–water partition coefficient (Wildman–Crippen LogP) is 6.99. The third-order valence-corrected chi connectivity index (χ3v) is 8.12. The van der Waals surface area contributed by atoms with Gasteiger partial charge in [0.05, 0.1) is 23.0 Å². The number of carbonyl (C=O) groups is 1. The molecule has 0 saturated carbocycles. The van der Waals surface area contributed by atoms with Crippen molar-refractivity contribution in [3.05, 3.63) is 125 Å². The molecule has 1 heterocycles. The fourth-order valence-corrected chi connectivity index (χ4v) is 5.58. The second kappa shape index (κ2) is 13.1. The second-order valence-electron chi connectivity index (χ2n) is 9.12. The van der Waals surface area contributed by atoms with Crippen LogP contribution in [-0.4, -0.2) is 30.8 Å². The molecule has 4 aromatic rings. The van der Waals surface area contributed by atoms with Crippen LogP contribution in [0.2, 0.25) is 5.02 Å². The Morgan fingerprint density at radius 2 is 1.64 bits per heavy atom. The van der Waals surface area contributed by atoms with Crippen LogP contribution < -0.4 is 9.04 Å². The summed E-state index contributed by atoms with van der Waals surface area (Å²) in [7, 11) is -4.25. The van der Waals surface area contributed by atoms with Gasteiger partial charge in [-0.25, -0.2) is 8.42 Å². The summed E-state index contributed by atoms with van der Waals surface area (Å²) in [5.41, 5.74) is 2.30. The highest BCUT2D eigenvalue weighted by Gasteiger charge is 2.31. The first-order chi connectivity index (χ1) is 19.9. The van der Waals surface area contributed by atoms with Gasteiger partial charge in [-0.3, -0.25) is 14.1 Å². The van der Waals surface area contributed by atoms with Crippen LogP contribution in [-0.2, 0) is 27.8 Å². The summed E-state index contributed by atoms with van der Waals surface area (Å²) in [4.78, 5) is 15.5. The summed E-state index contributed by atoms with van der Waals surface area (Å²) in [6.45, 7) is -0.0955. The van der Waals surface area contributed by atoms with Crippen LogP contribution in [0.5, 0.6) is 5.75 Å². The highest BCUT2D eigenvalue weighted by molar-refractivity contribution is 7.92. The Hall–Kier alpha value is -4.35. The second-order valence-corrected chi connectivity index (χ2v) is 11.4. The molecule has 1 N–H and O–H groups in total. The summed E-state index contributed by atoms with van der Waals surface area (Å²) < 4.78 is 70.1. The highest BCUT2D eigenvalue weighted by Crippen LogP contribution is 2.30. The minimum atomic E-state index is -4.92. The minimum Gasteiger partial charge on any atom is -0.481 e. The first-order valence-electron chi connectivity index (χ1n) is 12.4. The number of carboxylic acid groups (broad SMARTS) is 1. The number of aliphatic carboxylic acids is 1. The molecule has 0 fully saturated rings. The molecule has 218 valence electrons. The van der Waals surface area contributed by atoms with E-state index in [0.29, 0.717) is 16.1 Å². The van der Waals surface area contributed by atoms with Crippen LogP contribution in [0.15, 0.2) is 108 Å². The third kappa shape index (κ3) is 8.34. The fraction of sp³-hybridized carbons (Fsp3) is 0.133. The van der Waals surface area contributed by atoms with Gasteiger partial charge in [0.15, 0.2) is 0 Å². The summed E-state index contributed by atoms with van der Waals surface area (Å²) in [6.07, 6.45) is 1.72. The molecule has 0 bridgehead atoms. The molecule has 42 heavy (non-hydrogen) atoms. The Bertz CT molecular complexity index is 1630. The largest absolute Gasteiger partial charge is 0.573 e. The molecule has 0 amide bonds. The molecular weight excluding hydrogens is 593 g/mol. The lowest BCUT2D eigenvalue weighted by atomic mass is 9.99. The predicted molar refractivity (Wildman–Crippen MR) is 152 cm³/mol. The summed E-state index contributed by atoms with van der Waals surface area (Å²) in [5, 5.41) is 10.1. The molecule has 0 aliphatic heterocycles. The molecule has 0 aliphatic rings. The molecule has 12 heteroatoms. The maximum atomic E-state index is 13.7. The van der Waals surface area contributed by atoms with E-state index in [1.807, 2.05) is 0 Å². The van der Waals surface area contributed by atoms with Gasteiger partial charge < -0.3 is 9.84 Å². The van der Waals surface area contributed by atoms with Crippen LogP contribution in [0.3, 0.4) is 0 Å². The Kier molecular flexibility index (Phi) is 9.54. The normalized spacial score (nSPS) is 12.7. The molecule has 3 aromatic carbocycles. The number of anilines is 1. The minimum absolute atomic E-state index is 0.0955. The van der Waals surface area contributed by atoms with E-state index in [2.05, 4.69) is 9.72 Å². The van der Waals surface area contributed by atoms with Gasteiger partial charge in [-0.2, -0.15) is 0 Å². The number of hydrogen-bond acceptors (Lipinski definition) is 5. The zero-order chi connectivity index (χ0) is 30.3. The smallest absolute Gasteiger partial charge is 0.481 e. The lowest BCUT2D eigenvalue weighted by Crippen LogP contribution is -2.30. The Morgan fingerprint density at radius 3 is 2.21 bits per heavy atom. The van der Waals surface area contributed by atoms with E-state index in [4.69, 9.17) is 11.6 Å². The van der Waals surface area contributed by atoms with Crippen molar-refractivity contribution in [2.75, 3.05) is 4.31 Å². The van der Waals surface area contributed by atoms with Crippen molar-refractivity contribution in [3.8, 4) is 5.75 Å². The van der Waals surface area contributed by atoms with Crippen LogP contribution in [0.25, 0.3) is 6.08 Å². The maximum absolute atomic E-state index is 13.7. The molecule has 4 rings (SSSR count). The van der Waals surface area contributed by atoms with Gasteiger partial charge in [0.1, 0.15) is 5.75 Å². The van der Waals surface area contributed by atoms with E-state index in [-0.39, 0.29) is 23.5 Å². The molecule has 1 atom stereocenters. The van der Waals surface area contributed by atoms with E-state index in [9.17, 15) is 31.5 Å². The molecule has 0 radical (unpaired) electrons. The Balaban J connectivity index is 1.61. The number of carboxylic acids is 1. The van der Waals surface area contributed by atoms with Crippen LogP contribution in [0.4, 0.5) is 18.9 Å². The quantitative estimate of drug-likeness (QED) is 0.195. The fourth-order valence-electron chi connectivity index (χ4n) is 4.00. The van der Waals surface area contributed by atoms with Crippen molar-refractivity contribution in [2.24, 2.45) is 5.92 Å². The van der Waals surface area contributed by atoms with Crippen molar-refractivity contribution in [1.29, 1.82) is 0 Å². The zero-order valence-electron chi connectivity index (χ0n) is 21.8. The molecule has 1 aromatic heterocycles. The lowest BCUT2D eigenvalue weighted by molar-refractivity contribution is -0.274. The average molecular weight is 617 g/mol. The number of benzene rings is 3. The number of alkyl halides is 3. The number of ether oxygens (including phenoxy) is 1. The Morgan fingerprint density at radius 1 is 0.976 bits per heavy atom. The molecule has 0 unspecified atom stereocenters. The van der Waals surface area contributed by atoms with Crippen LogP contribution in [0, 0.1) is 5.92 Å². The standard InChI is InChI=1S/C30H24ClF3N2O5S/c31-25-9-4-22(5-10-25)20-36(42(39,40)28-15-13-27(14-16-28)41-30(32,33)34)26-11-6-21(7-12-26)3-8-24(29(37)38)18-23-2-1-17-35-19-23/h1-17,19,24H,18,20H2,(H,37,38)/b8-3+/t24-/m1/s1. The number of rotatable bonds is 11. The van der Waals surface area contributed by atoms with Crippen molar-refractivity contribution in [3.63, 3.8) is 0 Å². The molecule has 0 saturated heterocycles. The first kappa shape index (κ1) is 30.6. The van der Waals surface area contributed by atoms with Gasteiger partial charge in [-0.15, -0.1) is 13.2 Å². The van der Waals surface area contributed by atoms with Crippen molar-refractivity contribution in [1.82, 2.24) is 4.98 Å². The van der Waals surface area contributed by atoms with E-state index < -0.39 is 34.0 Å². The molecule has 0 aliphatic carbocycles. The number of nitrogens with zero attached hydrogens (tertiary/aromatic N) is 2. The van der Waals surface area contributed by atoms with Crippen molar-refractivity contribution >= 4 is 39.4 Å². The van der Waals surface area contributed by atoms with Crippen molar-refractivity contribution in [2.45, 2.75) is 24.2 Å². The number of aromatic nitrogens is 1. The molecule has 7 nitrogen and oxygen atoms in total. The topological polar surface area (TPSA) is 96.8 Å². The third-order valence-electron chi connectivity index (χ3n) is 6.08. The summed E-state index contributed by atoms with van der Waals surface area (Å²) in [5.74, 6) is -2.36. The molecular formula is C30H24ClF3N2O5S. The Labute approximate surface area is 245 Å².